The minimum atomic E-state index is -1.09. The first-order valence-electron chi connectivity index (χ1n) is 4.60. The highest BCUT2D eigenvalue weighted by molar-refractivity contribution is 7.98. The highest BCUT2D eigenvalue weighted by Crippen LogP contribution is 2.21. The molecule has 0 heterocycles. The van der Waals surface area contributed by atoms with Gasteiger partial charge in [-0.15, -0.1) is 23.4 Å². The van der Waals surface area contributed by atoms with E-state index in [2.05, 4.69) is 0 Å². The highest BCUT2D eigenvalue weighted by Gasteiger charge is 2.16. The molecule has 1 aromatic rings. The summed E-state index contributed by atoms with van der Waals surface area (Å²) in [5.74, 6) is -1.13. The van der Waals surface area contributed by atoms with Gasteiger partial charge in [0.2, 0.25) is 0 Å². The number of alkyl halides is 1. The van der Waals surface area contributed by atoms with E-state index in [1.165, 1.54) is 17.8 Å². The Morgan fingerprint density at radius 2 is 2.06 bits per heavy atom. The molecule has 0 radical (unpaired) electrons. The Kier molecular flexibility index (Phi) is 4.83. The predicted molar refractivity (Wildman–Crippen MR) is 64.8 cm³/mol. The number of carboxylic acids is 1. The summed E-state index contributed by atoms with van der Waals surface area (Å²) in [4.78, 5) is 23.5. The number of benzene rings is 1. The summed E-state index contributed by atoms with van der Waals surface area (Å²) in [5, 5.41) is 8.95. The predicted octanol–water partition coefficient (Wildman–Crippen LogP) is 2.92. The van der Waals surface area contributed by atoms with Crippen LogP contribution in [0.3, 0.4) is 0 Å². The molecule has 3 nitrogen and oxygen atoms in total. The first kappa shape index (κ1) is 13.1. The van der Waals surface area contributed by atoms with Crippen LogP contribution in [-0.4, -0.2) is 29.0 Å². The zero-order chi connectivity index (χ0) is 12.1. The van der Waals surface area contributed by atoms with Gasteiger partial charge < -0.3 is 5.11 Å². The third-order valence-corrected chi connectivity index (χ3v) is 2.99. The van der Waals surface area contributed by atoms with Gasteiger partial charge in [0, 0.05) is 22.8 Å². The molecule has 0 aliphatic heterocycles. The first-order chi connectivity index (χ1) is 7.60. The molecule has 0 atom stereocenters. The summed E-state index contributed by atoms with van der Waals surface area (Å²) < 4.78 is 0. The van der Waals surface area contributed by atoms with Crippen LogP contribution < -0.4 is 0 Å². The number of thioether (sulfide) groups is 1. The number of halogens is 1. The third kappa shape index (κ3) is 3.00. The van der Waals surface area contributed by atoms with Crippen molar-refractivity contribution in [3.8, 4) is 0 Å². The number of rotatable bonds is 5. The zero-order valence-corrected chi connectivity index (χ0v) is 10.3. The number of hydrogen-bond acceptors (Lipinski definition) is 3. The molecule has 0 aliphatic rings. The monoisotopic (exact) mass is 258 g/mol. The van der Waals surface area contributed by atoms with Crippen LogP contribution in [0.1, 0.15) is 27.1 Å². The molecule has 0 unspecified atom stereocenters. The maximum Gasteiger partial charge on any atom is 0.336 e. The van der Waals surface area contributed by atoms with Crippen LogP contribution in [0.4, 0.5) is 0 Å². The van der Waals surface area contributed by atoms with Crippen molar-refractivity contribution in [3.63, 3.8) is 0 Å². The maximum absolute atomic E-state index is 11.7. The lowest BCUT2D eigenvalue weighted by atomic mass is 10.0. The number of Topliss-reactive ketones (excluding diaryl/α,β-unsaturated/α-hetero) is 1. The second-order valence-corrected chi connectivity index (χ2v) is 4.34. The number of carbonyl (C=O) groups excluding carboxylic acids is 1. The Morgan fingerprint density at radius 1 is 1.38 bits per heavy atom. The molecule has 0 saturated heterocycles. The Labute approximate surface area is 103 Å². The van der Waals surface area contributed by atoms with Crippen molar-refractivity contribution in [2.75, 3.05) is 12.1 Å². The molecule has 1 rings (SSSR count). The van der Waals surface area contributed by atoms with Gasteiger partial charge in [0.25, 0.3) is 0 Å². The molecule has 0 amide bonds. The molecule has 0 aliphatic carbocycles. The Hall–Kier alpha value is -1.000. The Balaban J connectivity index is 3.20. The molecule has 86 valence electrons. The summed E-state index contributed by atoms with van der Waals surface area (Å²) in [6, 6.07) is 4.74. The maximum atomic E-state index is 11.7. The lowest BCUT2D eigenvalue weighted by Crippen LogP contribution is -2.09. The summed E-state index contributed by atoms with van der Waals surface area (Å²) in [7, 11) is 0. The molecule has 1 aromatic carbocycles. The second kappa shape index (κ2) is 5.92. The molecule has 5 heteroatoms. The zero-order valence-electron chi connectivity index (χ0n) is 8.70. The Morgan fingerprint density at radius 3 is 2.56 bits per heavy atom. The van der Waals surface area contributed by atoms with E-state index in [1.807, 2.05) is 6.26 Å². The van der Waals surface area contributed by atoms with Crippen molar-refractivity contribution in [3.05, 3.63) is 29.3 Å². The van der Waals surface area contributed by atoms with Crippen molar-refractivity contribution in [1.29, 1.82) is 0 Å². The van der Waals surface area contributed by atoms with Crippen LogP contribution in [-0.2, 0) is 0 Å². The average Bonchev–Trinajstić information content (AvgIpc) is 2.28. The second-order valence-electron chi connectivity index (χ2n) is 3.08. The van der Waals surface area contributed by atoms with Gasteiger partial charge in [-0.05, 0) is 24.5 Å². The molecule has 0 saturated carbocycles. The smallest absolute Gasteiger partial charge is 0.336 e. The summed E-state index contributed by atoms with van der Waals surface area (Å²) >= 11 is 6.94. The molecular formula is C11H11ClO3S. The van der Waals surface area contributed by atoms with E-state index in [-0.39, 0.29) is 29.2 Å². The molecule has 0 fully saturated rings. The van der Waals surface area contributed by atoms with Gasteiger partial charge in [-0.25, -0.2) is 4.79 Å². The molecule has 1 N–H and O–H groups in total. The van der Waals surface area contributed by atoms with Gasteiger partial charge >= 0.3 is 5.97 Å². The van der Waals surface area contributed by atoms with E-state index in [0.29, 0.717) is 0 Å². The van der Waals surface area contributed by atoms with E-state index in [1.54, 1.807) is 12.1 Å². The average molecular weight is 259 g/mol. The van der Waals surface area contributed by atoms with E-state index < -0.39 is 5.97 Å². The number of carboxylic acid groups (broad SMARTS) is 1. The van der Waals surface area contributed by atoms with Gasteiger partial charge in [0.1, 0.15) is 0 Å². The quantitative estimate of drug-likeness (QED) is 0.501. The van der Waals surface area contributed by atoms with E-state index in [0.717, 1.165) is 4.90 Å². The highest BCUT2D eigenvalue weighted by atomic mass is 35.5. The van der Waals surface area contributed by atoms with E-state index >= 15 is 0 Å². The summed E-state index contributed by atoms with van der Waals surface area (Å²) in [6.45, 7) is 0. The number of ketones is 1. The van der Waals surface area contributed by atoms with Crippen LogP contribution in [0.2, 0.25) is 0 Å². The Bertz CT molecular complexity index is 418. The summed E-state index contributed by atoms with van der Waals surface area (Å²) in [6.07, 6.45) is 2.02. The van der Waals surface area contributed by atoms with Gasteiger partial charge in [-0.1, -0.05) is 0 Å². The molecule has 0 spiro atoms. The third-order valence-electron chi connectivity index (χ3n) is 2.08. The largest absolute Gasteiger partial charge is 0.478 e. The molecule has 0 aromatic heterocycles. The normalized spacial score (nSPS) is 10.1. The minimum absolute atomic E-state index is 0.0351. The van der Waals surface area contributed by atoms with Gasteiger partial charge in [0.15, 0.2) is 5.78 Å². The van der Waals surface area contributed by atoms with Crippen molar-refractivity contribution in [2.45, 2.75) is 11.3 Å². The fraction of sp³-hybridized carbons (Fsp3) is 0.273. The van der Waals surface area contributed by atoms with Crippen LogP contribution in [0, 0.1) is 0 Å². The molecule has 0 bridgehead atoms. The number of carbonyl (C=O) groups is 2. The van der Waals surface area contributed by atoms with Crippen molar-refractivity contribution >= 4 is 35.1 Å². The van der Waals surface area contributed by atoms with Gasteiger partial charge in [-0.2, -0.15) is 0 Å². The van der Waals surface area contributed by atoms with Crippen LogP contribution >= 0.6 is 23.4 Å². The van der Waals surface area contributed by atoms with Crippen molar-refractivity contribution < 1.29 is 14.7 Å². The van der Waals surface area contributed by atoms with Crippen molar-refractivity contribution in [1.82, 2.24) is 0 Å². The molecular weight excluding hydrogens is 248 g/mol. The van der Waals surface area contributed by atoms with E-state index in [4.69, 9.17) is 16.7 Å². The topological polar surface area (TPSA) is 54.4 Å². The first-order valence-corrected chi connectivity index (χ1v) is 6.36. The SMILES string of the molecule is CSc1ccc(C(=O)O)c(C(=O)CCCl)c1. The van der Waals surface area contributed by atoms with Crippen molar-refractivity contribution in [2.24, 2.45) is 0 Å². The van der Waals surface area contributed by atoms with Gasteiger partial charge in [-0.3, -0.25) is 4.79 Å². The van der Waals surface area contributed by atoms with Gasteiger partial charge in [0.05, 0.1) is 5.56 Å². The molecule has 16 heavy (non-hydrogen) atoms. The van der Waals surface area contributed by atoms with Crippen LogP contribution in [0.25, 0.3) is 0 Å². The standard InChI is InChI=1S/C11H11ClO3S/c1-16-7-2-3-8(11(14)15)9(6-7)10(13)4-5-12/h2-3,6H,4-5H2,1H3,(H,14,15). The fourth-order valence-corrected chi connectivity index (χ4v) is 1.90. The van der Waals surface area contributed by atoms with Crippen LogP contribution in [0.15, 0.2) is 23.1 Å². The fourth-order valence-electron chi connectivity index (χ4n) is 1.29. The van der Waals surface area contributed by atoms with Crippen LogP contribution in [0.5, 0.6) is 0 Å². The van der Waals surface area contributed by atoms with E-state index in [9.17, 15) is 9.59 Å². The lowest BCUT2D eigenvalue weighted by molar-refractivity contribution is 0.0692. The number of hydrogen-bond donors (Lipinski definition) is 1. The lowest BCUT2D eigenvalue weighted by Gasteiger charge is -2.06. The number of aromatic carboxylic acids is 1. The minimum Gasteiger partial charge on any atom is -0.478 e. The summed E-state index contributed by atoms with van der Waals surface area (Å²) in [5.41, 5.74) is 0.271.